The van der Waals surface area contributed by atoms with Gasteiger partial charge in [-0.25, -0.2) is 4.98 Å². The van der Waals surface area contributed by atoms with Crippen molar-refractivity contribution in [2.45, 2.75) is 25.3 Å². The Morgan fingerprint density at radius 3 is 2.63 bits per heavy atom. The Bertz CT molecular complexity index is 491. The number of rotatable bonds is 6. The lowest BCUT2D eigenvalue weighted by Crippen LogP contribution is -2.02. The Morgan fingerprint density at radius 1 is 1.11 bits per heavy atom. The lowest BCUT2D eigenvalue weighted by molar-refractivity contribution is 0.982. The molecule has 1 aromatic carbocycles. The van der Waals surface area contributed by atoms with Crippen molar-refractivity contribution in [3.63, 3.8) is 0 Å². The fraction of sp³-hybridized carbons (Fsp3) is 0.312. The van der Waals surface area contributed by atoms with Crippen molar-refractivity contribution in [3.8, 4) is 0 Å². The van der Waals surface area contributed by atoms with Gasteiger partial charge in [0.1, 0.15) is 0 Å². The quantitative estimate of drug-likeness (QED) is 0.627. The number of nitrogens with one attached hydrogen (secondary N) is 1. The van der Waals surface area contributed by atoms with Crippen LogP contribution in [0.1, 0.15) is 17.7 Å². The van der Waals surface area contributed by atoms with E-state index in [0.717, 1.165) is 29.4 Å². The second kappa shape index (κ2) is 7.19. The number of nitrogens with zero attached hydrogens (tertiary/aromatic N) is 1. The van der Waals surface area contributed by atoms with E-state index in [1.165, 1.54) is 11.3 Å². The molecule has 0 amide bonds. The van der Waals surface area contributed by atoms with Crippen LogP contribution in [0, 0.1) is 13.8 Å². The van der Waals surface area contributed by atoms with Crippen molar-refractivity contribution in [1.82, 2.24) is 4.98 Å². The summed E-state index contributed by atoms with van der Waals surface area (Å²) in [6.07, 6.45) is 1.13. The van der Waals surface area contributed by atoms with Gasteiger partial charge >= 0.3 is 0 Å². The summed E-state index contributed by atoms with van der Waals surface area (Å²) in [6, 6.07) is 14.6. The van der Waals surface area contributed by atoms with Crippen molar-refractivity contribution in [3.05, 3.63) is 53.7 Å². The second-order valence-corrected chi connectivity index (χ2v) is 5.73. The van der Waals surface area contributed by atoms with Crippen molar-refractivity contribution in [2.75, 3.05) is 17.6 Å². The highest BCUT2D eigenvalue weighted by atomic mass is 32.2. The standard InChI is InChI=1S/C16H20N2S/c1-13-11-14(2)18-16(12-13)19-10-6-9-17-15-7-4-3-5-8-15/h3-5,7-8,11-12,17H,6,9-10H2,1-2H3. The molecule has 1 aromatic heterocycles. The Kier molecular flexibility index (Phi) is 5.28. The van der Waals surface area contributed by atoms with Gasteiger partial charge in [0.25, 0.3) is 0 Å². The van der Waals surface area contributed by atoms with E-state index in [4.69, 9.17) is 0 Å². The molecule has 0 radical (unpaired) electrons. The number of anilines is 1. The molecule has 1 heterocycles. The maximum absolute atomic E-state index is 4.53. The normalized spacial score (nSPS) is 10.4. The first-order chi connectivity index (χ1) is 9.24. The SMILES string of the molecule is Cc1cc(C)nc(SCCCNc2ccccc2)c1. The molecule has 2 nitrogen and oxygen atoms in total. The minimum absolute atomic E-state index is 1.00. The third kappa shape index (κ3) is 4.95. The lowest BCUT2D eigenvalue weighted by atomic mass is 10.3. The predicted molar refractivity (Wildman–Crippen MR) is 84.0 cm³/mol. The van der Waals surface area contributed by atoms with Gasteiger partial charge in [0.2, 0.25) is 0 Å². The fourth-order valence-electron chi connectivity index (χ4n) is 1.92. The van der Waals surface area contributed by atoms with E-state index in [9.17, 15) is 0 Å². The van der Waals surface area contributed by atoms with Crippen LogP contribution in [0.5, 0.6) is 0 Å². The fourth-order valence-corrected chi connectivity index (χ4v) is 2.89. The molecule has 0 aliphatic rings. The summed E-state index contributed by atoms with van der Waals surface area (Å²) in [5, 5.41) is 4.56. The predicted octanol–water partition coefficient (Wildman–Crippen LogP) is 4.29. The van der Waals surface area contributed by atoms with E-state index in [1.54, 1.807) is 0 Å². The van der Waals surface area contributed by atoms with E-state index >= 15 is 0 Å². The maximum atomic E-state index is 4.53. The van der Waals surface area contributed by atoms with E-state index in [2.05, 4.69) is 53.6 Å². The summed E-state index contributed by atoms with van der Waals surface area (Å²) in [4.78, 5) is 4.53. The van der Waals surface area contributed by atoms with Crippen LogP contribution in [0.3, 0.4) is 0 Å². The molecule has 0 saturated heterocycles. The molecule has 0 saturated carbocycles. The first kappa shape index (κ1) is 13.9. The minimum atomic E-state index is 1.00. The summed E-state index contributed by atoms with van der Waals surface area (Å²) in [5.41, 5.74) is 3.58. The second-order valence-electron chi connectivity index (χ2n) is 4.62. The highest BCUT2D eigenvalue weighted by Gasteiger charge is 1.98. The number of thioether (sulfide) groups is 1. The van der Waals surface area contributed by atoms with Crippen LogP contribution >= 0.6 is 11.8 Å². The van der Waals surface area contributed by atoms with Gasteiger partial charge in [0.15, 0.2) is 0 Å². The molecule has 0 aliphatic carbocycles. The number of benzene rings is 1. The lowest BCUT2D eigenvalue weighted by Gasteiger charge is -2.06. The zero-order chi connectivity index (χ0) is 13.5. The Labute approximate surface area is 119 Å². The maximum Gasteiger partial charge on any atom is 0.0965 e. The number of hydrogen-bond acceptors (Lipinski definition) is 3. The van der Waals surface area contributed by atoms with Gasteiger partial charge in [-0.2, -0.15) is 0 Å². The highest BCUT2D eigenvalue weighted by Crippen LogP contribution is 2.18. The molecule has 0 atom stereocenters. The minimum Gasteiger partial charge on any atom is -0.385 e. The molecule has 100 valence electrons. The number of aryl methyl sites for hydroxylation is 2. The van der Waals surface area contributed by atoms with Gasteiger partial charge in [0, 0.05) is 23.7 Å². The summed E-state index contributed by atoms with van der Waals surface area (Å²) in [7, 11) is 0. The molecular weight excluding hydrogens is 252 g/mol. The molecule has 0 spiro atoms. The Hall–Kier alpha value is -1.48. The molecule has 0 fully saturated rings. The van der Waals surface area contributed by atoms with Crippen LogP contribution < -0.4 is 5.32 Å². The monoisotopic (exact) mass is 272 g/mol. The average Bonchev–Trinajstić information content (AvgIpc) is 2.38. The first-order valence-corrected chi connectivity index (χ1v) is 7.59. The average molecular weight is 272 g/mol. The van der Waals surface area contributed by atoms with Gasteiger partial charge < -0.3 is 5.32 Å². The van der Waals surface area contributed by atoms with E-state index in [1.807, 2.05) is 24.8 Å². The highest BCUT2D eigenvalue weighted by molar-refractivity contribution is 7.99. The Balaban J connectivity index is 1.69. The summed E-state index contributed by atoms with van der Waals surface area (Å²) in [5.74, 6) is 1.09. The topological polar surface area (TPSA) is 24.9 Å². The third-order valence-electron chi connectivity index (χ3n) is 2.75. The molecule has 1 N–H and O–H groups in total. The van der Waals surface area contributed by atoms with Gasteiger partial charge in [-0.05, 0) is 50.1 Å². The first-order valence-electron chi connectivity index (χ1n) is 6.61. The number of hydrogen-bond donors (Lipinski definition) is 1. The molecule has 0 bridgehead atoms. The molecule has 3 heteroatoms. The van der Waals surface area contributed by atoms with Crippen molar-refractivity contribution >= 4 is 17.4 Å². The number of pyridine rings is 1. The molecule has 0 aliphatic heterocycles. The summed E-state index contributed by atoms with van der Waals surface area (Å²) in [6.45, 7) is 5.17. The van der Waals surface area contributed by atoms with Crippen molar-refractivity contribution in [1.29, 1.82) is 0 Å². The van der Waals surface area contributed by atoms with E-state index < -0.39 is 0 Å². The van der Waals surface area contributed by atoms with Gasteiger partial charge in [0.05, 0.1) is 5.03 Å². The zero-order valence-corrected chi connectivity index (χ0v) is 12.3. The zero-order valence-electron chi connectivity index (χ0n) is 11.5. The molecule has 0 unspecified atom stereocenters. The van der Waals surface area contributed by atoms with E-state index in [-0.39, 0.29) is 0 Å². The van der Waals surface area contributed by atoms with Gasteiger partial charge in [-0.15, -0.1) is 11.8 Å². The van der Waals surface area contributed by atoms with Crippen molar-refractivity contribution in [2.24, 2.45) is 0 Å². The molecule has 2 rings (SSSR count). The summed E-state index contributed by atoms with van der Waals surface area (Å²) >= 11 is 1.83. The van der Waals surface area contributed by atoms with Gasteiger partial charge in [-0.1, -0.05) is 18.2 Å². The smallest absolute Gasteiger partial charge is 0.0965 e. The van der Waals surface area contributed by atoms with Gasteiger partial charge in [-0.3, -0.25) is 0 Å². The third-order valence-corrected chi connectivity index (χ3v) is 3.75. The molecule has 19 heavy (non-hydrogen) atoms. The Morgan fingerprint density at radius 2 is 1.89 bits per heavy atom. The molecule has 2 aromatic rings. The van der Waals surface area contributed by atoms with E-state index in [0.29, 0.717) is 0 Å². The largest absolute Gasteiger partial charge is 0.385 e. The summed E-state index contributed by atoms with van der Waals surface area (Å²) < 4.78 is 0. The van der Waals surface area contributed by atoms with Crippen LogP contribution in [-0.2, 0) is 0 Å². The number of aromatic nitrogens is 1. The number of para-hydroxylation sites is 1. The molecular formula is C16H20N2S. The van der Waals surface area contributed by atoms with Crippen LogP contribution in [0.15, 0.2) is 47.5 Å². The van der Waals surface area contributed by atoms with Crippen LogP contribution in [0.2, 0.25) is 0 Å². The van der Waals surface area contributed by atoms with Crippen LogP contribution in [0.25, 0.3) is 0 Å². The van der Waals surface area contributed by atoms with Crippen molar-refractivity contribution < 1.29 is 0 Å². The van der Waals surface area contributed by atoms with Crippen LogP contribution in [0.4, 0.5) is 5.69 Å². The van der Waals surface area contributed by atoms with Crippen LogP contribution in [-0.4, -0.2) is 17.3 Å².